The Hall–Kier alpha value is -4.34. The molecule has 176 valence electrons. The molecule has 0 aliphatic carbocycles. The summed E-state index contributed by atoms with van der Waals surface area (Å²) in [6.45, 7) is 0. The Balaban J connectivity index is 2.16. The van der Waals surface area contributed by atoms with Gasteiger partial charge in [0.25, 0.3) is 17.9 Å². The number of hydrogen-bond donors (Lipinski definition) is 0. The quantitative estimate of drug-likeness (QED) is 0.452. The van der Waals surface area contributed by atoms with Crippen molar-refractivity contribution in [1.82, 2.24) is 4.98 Å². The molecule has 34 heavy (non-hydrogen) atoms. The predicted octanol–water partition coefficient (Wildman–Crippen LogP) is 4.97. The summed E-state index contributed by atoms with van der Waals surface area (Å²) in [7, 11) is 4.02. The summed E-state index contributed by atoms with van der Waals surface area (Å²) < 4.78 is 55.7. The van der Waals surface area contributed by atoms with Crippen LogP contribution in [0.3, 0.4) is 0 Å². The fraction of sp³-hybridized carbons (Fsp3) is 0.125. The Morgan fingerprint density at radius 3 is 1.68 bits per heavy atom. The second kappa shape index (κ2) is 10.5. The molecule has 2 aromatic carbocycles. The number of aromatic nitrogens is 1. The second-order valence-electron chi connectivity index (χ2n) is 6.73. The molecule has 0 fully saturated rings. The Morgan fingerprint density at radius 1 is 0.824 bits per heavy atom. The van der Waals surface area contributed by atoms with E-state index < -0.39 is 35.4 Å². The Morgan fingerprint density at radius 2 is 1.29 bits per heavy atom. The van der Waals surface area contributed by atoms with Crippen molar-refractivity contribution < 1.29 is 37.0 Å². The zero-order valence-corrected chi connectivity index (χ0v) is 18.3. The van der Waals surface area contributed by atoms with E-state index in [-0.39, 0.29) is 16.7 Å². The van der Waals surface area contributed by atoms with Crippen molar-refractivity contribution >= 4 is 23.7 Å². The van der Waals surface area contributed by atoms with Gasteiger partial charge in [-0.1, -0.05) is 0 Å². The molecule has 1 heterocycles. The SMILES string of the molecule is COc1ccc(C(=O)N(C(=O)c2ccc(OC)cc2)c2nc(OC)c(C=C(F)F)cc2F)cc1. The second-order valence-corrected chi connectivity index (χ2v) is 6.73. The van der Waals surface area contributed by atoms with Crippen LogP contribution in [-0.4, -0.2) is 38.1 Å². The highest BCUT2D eigenvalue weighted by Crippen LogP contribution is 2.30. The molecule has 0 aliphatic heterocycles. The lowest BCUT2D eigenvalue weighted by atomic mass is 10.1. The third-order valence-electron chi connectivity index (χ3n) is 4.70. The first-order chi connectivity index (χ1) is 16.3. The van der Waals surface area contributed by atoms with Gasteiger partial charge in [0.2, 0.25) is 5.88 Å². The maximum Gasteiger partial charge on any atom is 0.271 e. The lowest BCUT2D eigenvalue weighted by molar-refractivity contribution is 0.0895. The first-order valence-electron chi connectivity index (χ1n) is 9.73. The molecule has 3 rings (SSSR count). The number of amides is 2. The van der Waals surface area contributed by atoms with Crippen molar-refractivity contribution in [3.05, 3.63) is 83.2 Å². The van der Waals surface area contributed by atoms with Crippen LogP contribution in [0.4, 0.5) is 19.0 Å². The third-order valence-corrected chi connectivity index (χ3v) is 4.70. The first kappa shape index (κ1) is 24.3. The van der Waals surface area contributed by atoms with Crippen LogP contribution in [0.5, 0.6) is 17.4 Å². The minimum absolute atomic E-state index is 0.0293. The van der Waals surface area contributed by atoms with Crippen molar-refractivity contribution in [3.63, 3.8) is 0 Å². The number of methoxy groups -OCH3 is 3. The standard InChI is InChI=1S/C24H19F3N2O5/c1-32-17-8-4-14(5-9-17)23(30)29(24(31)15-6-10-18(33-2)11-7-15)21-19(25)12-16(13-20(26)27)22(28-21)34-3/h4-13H,1-3H3. The minimum Gasteiger partial charge on any atom is -0.497 e. The van der Waals surface area contributed by atoms with E-state index in [1.807, 2.05) is 0 Å². The van der Waals surface area contributed by atoms with Gasteiger partial charge >= 0.3 is 0 Å². The Labute approximate surface area is 193 Å². The molecule has 0 aliphatic rings. The van der Waals surface area contributed by atoms with Crippen LogP contribution in [0, 0.1) is 5.82 Å². The molecule has 3 aromatic rings. The summed E-state index contributed by atoms with van der Waals surface area (Å²) in [6.07, 6.45) is -1.74. The summed E-state index contributed by atoms with van der Waals surface area (Å²) in [6, 6.07) is 12.2. The monoisotopic (exact) mass is 472 g/mol. The summed E-state index contributed by atoms with van der Waals surface area (Å²) in [5.41, 5.74) is -0.305. The van der Waals surface area contributed by atoms with E-state index in [0.29, 0.717) is 28.5 Å². The fourth-order valence-electron chi connectivity index (χ4n) is 3.03. The molecule has 0 radical (unpaired) electrons. The maximum atomic E-state index is 15.1. The topological polar surface area (TPSA) is 78.0 Å². The number of imide groups is 1. The zero-order chi connectivity index (χ0) is 24.8. The van der Waals surface area contributed by atoms with E-state index >= 15 is 4.39 Å². The third kappa shape index (κ3) is 5.17. The number of halogens is 3. The van der Waals surface area contributed by atoms with Gasteiger partial charge in [0.15, 0.2) is 11.6 Å². The highest BCUT2D eigenvalue weighted by Gasteiger charge is 2.31. The van der Waals surface area contributed by atoms with Gasteiger partial charge in [-0.15, -0.1) is 0 Å². The molecule has 7 nitrogen and oxygen atoms in total. The zero-order valence-electron chi connectivity index (χ0n) is 18.3. The number of carbonyl (C=O) groups is 2. The van der Waals surface area contributed by atoms with Crippen molar-refractivity contribution in [3.8, 4) is 17.4 Å². The minimum atomic E-state index is -2.10. The van der Waals surface area contributed by atoms with E-state index in [4.69, 9.17) is 14.2 Å². The van der Waals surface area contributed by atoms with Gasteiger partial charge in [-0.3, -0.25) is 9.59 Å². The number of ether oxygens (including phenoxy) is 3. The summed E-state index contributed by atoms with van der Waals surface area (Å²) in [5, 5.41) is 0. The highest BCUT2D eigenvalue weighted by molar-refractivity contribution is 6.25. The van der Waals surface area contributed by atoms with Crippen LogP contribution in [0.15, 0.2) is 60.7 Å². The Bertz CT molecular complexity index is 1170. The summed E-state index contributed by atoms with van der Waals surface area (Å²) in [5.74, 6) is -3.19. The van der Waals surface area contributed by atoms with Gasteiger partial charge in [0, 0.05) is 22.8 Å². The molecule has 0 unspecified atom stereocenters. The van der Waals surface area contributed by atoms with Crippen LogP contribution < -0.4 is 19.1 Å². The lowest BCUT2D eigenvalue weighted by Crippen LogP contribution is -2.38. The summed E-state index contributed by atoms with van der Waals surface area (Å²) in [4.78, 5) is 31.1. The number of nitrogens with zero attached hydrogens (tertiary/aromatic N) is 2. The van der Waals surface area contributed by atoms with Gasteiger partial charge in [-0.2, -0.15) is 13.8 Å². The average Bonchev–Trinajstić information content (AvgIpc) is 2.85. The molecule has 0 N–H and O–H groups in total. The van der Waals surface area contributed by atoms with Crippen LogP contribution in [-0.2, 0) is 0 Å². The van der Waals surface area contributed by atoms with Gasteiger partial charge in [0.05, 0.1) is 21.3 Å². The van der Waals surface area contributed by atoms with Crippen LogP contribution >= 0.6 is 0 Å². The van der Waals surface area contributed by atoms with Crippen molar-refractivity contribution in [2.24, 2.45) is 0 Å². The number of carbonyl (C=O) groups excluding carboxylic acids is 2. The van der Waals surface area contributed by atoms with Gasteiger partial charge in [0.1, 0.15) is 11.5 Å². The molecule has 1 aromatic heterocycles. The van der Waals surface area contributed by atoms with Crippen LogP contribution in [0.2, 0.25) is 0 Å². The maximum absolute atomic E-state index is 15.1. The molecule has 2 amide bonds. The smallest absolute Gasteiger partial charge is 0.271 e. The van der Waals surface area contributed by atoms with Crippen molar-refractivity contribution in [2.75, 3.05) is 26.2 Å². The molecular weight excluding hydrogens is 453 g/mol. The fourth-order valence-corrected chi connectivity index (χ4v) is 3.03. The molecule has 0 saturated carbocycles. The largest absolute Gasteiger partial charge is 0.497 e. The number of pyridine rings is 1. The summed E-state index contributed by atoms with van der Waals surface area (Å²) >= 11 is 0. The van der Waals surface area contributed by atoms with Crippen LogP contribution in [0.25, 0.3) is 6.08 Å². The van der Waals surface area contributed by atoms with Crippen LogP contribution in [0.1, 0.15) is 26.3 Å². The van der Waals surface area contributed by atoms with Crippen molar-refractivity contribution in [2.45, 2.75) is 0 Å². The predicted molar refractivity (Wildman–Crippen MR) is 118 cm³/mol. The van der Waals surface area contributed by atoms with E-state index in [1.165, 1.54) is 62.8 Å². The van der Waals surface area contributed by atoms with Gasteiger partial charge < -0.3 is 14.2 Å². The number of rotatable bonds is 7. The van der Waals surface area contributed by atoms with Gasteiger partial charge in [-0.05, 0) is 54.6 Å². The number of hydrogen-bond acceptors (Lipinski definition) is 6. The highest BCUT2D eigenvalue weighted by atomic mass is 19.3. The van der Waals surface area contributed by atoms with E-state index in [1.54, 1.807) is 0 Å². The van der Waals surface area contributed by atoms with E-state index in [0.717, 1.165) is 7.11 Å². The molecule has 10 heteroatoms. The average molecular weight is 472 g/mol. The number of benzene rings is 2. The van der Waals surface area contributed by atoms with E-state index in [9.17, 15) is 18.4 Å². The first-order valence-corrected chi connectivity index (χ1v) is 9.73. The van der Waals surface area contributed by atoms with Crippen molar-refractivity contribution in [1.29, 1.82) is 0 Å². The number of anilines is 1. The van der Waals surface area contributed by atoms with Gasteiger partial charge in [-0.25, -0.2) is 9.29 Å². The molecule has 0 saturated heterocycles. The van der Waals surface area contributed by atoms with E-state index in [2.05, 4.69) is 4.98 Å². The molecule has 0 spiro atoms. The Kier molecular flexibility index (Phi) is 7.52. The lowest BCUT2D eigenvalue weighted by Gasteiger charge is -2.22. The molecular formula is C24H19F3N2O5. The normalized spacial score (nSPS) is 10.3. The molecule has 0 atom stereocenters. The molecule has 0 bridgehead atoms.